The fourth-order valence-corrected chi connectivity index (χ4v) is 4.06. The molecular formula is C24H33N5O2. The van der Waals surface area contributed by atoms with Gasteiger partial charge in [-0.15, -0.1) is 0 Å². The molecule has 0 spiro atoms. The van der Waals surface area contributed by atoms with Crippen LogP contribution in [0, 0.1) is 5.92 Å². The fraction of sp³-hybridized carbons (Fsp3) is 0.458. The minimum Gasteiger partial charge on any atom is -0.369 e. The molecule has 0 bridgehead atoms. The number of hydrogen-bond donors (Lipinski definition) is 3. The van der Waals surface area contributed by atoms with Gasteiger partial charge in [0.05, 0.1) is 6.54 Å². The van der Waals surface area contributed by atoms with E-state index in [0.29, 0.717) is 25.4 Å². The number of nitrogens with two attached hydrogens (primary N) is 1. The van der Waals surface area contributed by atoms with E-state index in [9.17, 15) is 9.59 Å². The Morgan fingerprint density at radius 1 is 1.26 bits per heavy atom. The van der Waals surface area contributed by atoms with E-state index < -0.39 is 5.54 Å². The van der Waals surface area contributed by atoms with Crippen LogP contribution in [0.4, 0.5) is 4.79 Å². The highest BCUT2D eigenvalue weighted by Gasteiger charge is 2.43. The number of rotatable bonds is 7. The number of guanidine groups is 1. The molecule has 0 radical (unpaired) electrons. The number of hydrogen-bond acceptors (Lipinski definition) is 4. The molecule has 0 saturated carbocycles. The molecule has 1 aromatic rings. The molecule has 1 atom stereocenters. The van der Waals surface area contributed by atoms with Gasteiger partial charge in [0.2, 0.25) is 0 Å². The third-order valence-electron chi connectivity index (χ3n) is 5.64. The number of nitrogens with zero attached hydrogens (tertiary/aromatic N) is 2. The molecule has 1 aromatic carbocycles. The Bertz CT molecular complexity index is 930. The van der Waals surface area contributed by atoms with Crippen LogP contribution < -0.4 is 16.4 Å². The maximum atomic E-state index is 12.9. The average Bonchev–Trinajstić information content (AvgIpc) is 2.91. The first-order chi connectivity index (χ1) is 14.7. The van der Waals surface area contributed by atoms with Gasteiger partial charge in [0.15, 0.2) is 5.96 Å². The molecule has 1 heterocycles. The van der Waals surface area contributed by atoms with E-state index >= 15 is 0 Å². The predicted octanol–water partition coefficient (Wildman–Crippen LogP) is 3.57. The Labute approximate surface area is 184 Å². The van der Waals surface area contributed by atoms with Gasteiger partial charge in [-0.2, -0.15) is 0 Å². The standard InChI is InChI=1S/C24H33N5O2/c1-16(2)13-24(4)21(30)29(22(25)28-24)15-19-11-9-18(10-12-19)14-26-23(31)27-20-8-6-5-7-17(20)3/h6,8-12,16H,5,7,13-15H2,1-4H3,(H2,25,28)(H2,26,27,31). The Hall–Kier alpha value is -3.09. The maximum Gasteiger partial charge on any atom is 0.319 e. The number of aliphatic imine (C=N–C) groups is 1. The van der Waals surface area contributed by atoms with Gasteiger partial charge in [0.25, 0.3) is 5.91 Å². The van der Waals surface area contributed by atoms with Crippen LogP contribution in [-0.4, -0.2) is 28.3 Å². The number of urea groups is 1. The second-order valence-corrected chi connectivity index (χ2v) is 8.99. The van der Waals surface area contributed by atoms with Crippen LogP contribution in [0.25, 0.3) is 0 Å². The van der Waals surface area contributed by atoms with Crippen molar-refractivity contribution in [1.29, 1.82) is 0 Å². The summed E-state index contributed by atoms with van der Waals surface area (Å²) in [4.78, 5) is 31.1. The van der Waals surface area contributed by atoms with Crippen LogP contribution in [0.3, 0.4) is 0 Å². The molecule has 7 nitrogen and oxygen atoms in total. The zero-order valence-electron chi connectivity index (χ0n) is 18.9. The number of allylic oxidation sites excluding steroid dienone is 3. The first-order valence-corrected chi connectivity index (χ1v) is 10.8. The van der Waals surface area contributed by atoms with Gasteiger partial charge in [-0.05, 0) is 61.8 Å². The summed E-state index contributed by atoms with van der Waals surface area (Å²) < 4.78 is 0. The molecule has 3 rings (SSSR count). The fourth-order valence-electron chi connectivity index (χ4n) is 4.06. The van der Waals surface area contributed by atoms with Crippen molar-refractivity contribution >= 4 is 17.9 Å². The summed E-state index contributed by atoms with van der Waals surface area (Å²) >= 11 is 0. The summed E-state index contributed by atoms with van der Waals surface area (Å²) in [6.45, 7) is 8.83. The van der Waals surface area contributed by atoms with Gasteiger partial charge >= 0.3 is 6.03 Å². The molecule has 1 unspecified atom stereocenters. The van der Waals surface area contributed by atoms with Crippen molar-refractivity contribution in [2.45, 2.75) is 65.6 Å². The second kappa shape index (κ2) is 9.37. The Kier molecular flexibility index (Phi) is 6.83. The van der Waals surface area contributed by atoms with Crippen molar-refractivity contribution in [1.82, 2.24) is 15.5 Å². The number of carbonyl (C=O) groups excluding carboxylic acids is 2. The van der Waals surface area contributed by atoms with Gasteiger partial charge in [0, 0.05) is 12.2 Å². The predicted molar refractivity (Wildman–Crippen MR) is 123 cm³/mol. The second-order valence-electron chi connectivity index (χ2n) is 8.99. The zero-order valence-corrected chi connectivity index (χ0v) is 18.9. The van der Waals surface area contributed by atoms with Crippen LogP contribution in [-0.2, 0) is 17.9 Å². The minimum absolute atomic E-state index is 0.0533. The Morgan fingerprint density at radius 2 is 1.94 bits per heavy atom. The molecule has 0 saturated heterocycles. The van der Waals surface area contributed by atoms with Gasteiger partial charge < -0.3 is 16.4 Å². The number of amides is 3. The summed E-state index contributed by atoms with van der Waals surface area (Å²) in [6, 6.07) is 7.57. The quantitative estimate of drug-likeness (QED) is 0.625. The summed E-state index contributed by atoms with van der Waals surface area (Å²) in [5.41, 5.74) is 9.27. The third-order valence-corrected chi connectivity index (χ3v) is 5.64. The lowest BCUT2D eigenvalue weighted by Crippen LogP contribution is -2.43. The van der Waals surface area contributed by atoms with Crippen molar-refractivity contribution in [2.75, 3.05) is 0 Å². The molecule has 3 amide bonds. The maximum absolute atomic E-state index is 12.9. The van der Waals surface area contributed by atoms with Crippen LogP contribution in [0.15, 0.2) is 52.7 Å². The van der Waals surface area contributed by atoms with Crippen LogP contribution in [0.2, 0.25) is 0 Å². The zero-order chi connectivity index (χ0) is 22.6. The van der Waals surface area contributed by atoms with Crippen LogP contribution >= 0.6 is 0 Å². The molecule has 7 heteroatoms. The Morgan fingerprint density at radius 3 is 2.58 bits per heavy atom. The first kappa shape index (κ1) is 22.6. The van der Waals surface area contributed by atoms with Crippen molar-refractivity contribution in [3.05, 3.63) is 58.8 Å². The molecule has 31 heavy (non-hydrogen) atoms. The smallest absolute Gasteiger partial charge is 0.319 e. The lowest BCUT2D eigenvalue weighted by molar-refractivity contribution is -0.131. The largest absolute Gasteiger partial charge is 0.369 e. The van der Waals surface area contributed by atoms with Gasteiger partial charge in [-0.3, -0.25) is 9.69 Å². The van der Waals surface area contributed by atoms with E-state index in [1.54, 1.807) is 4.90 Å². The van der Waals surface area contributed by atoms with Crippen molar-refractivity contribution in [2.24, 2.45) is 16.6 Å². The lowest BCUT2D eigenvalue weighted by Gasteiger charge is -2.23. The number of nitrogens with one attached hydrogen (secondary N) is 2. The molecule has 4 N–H and O–H groups in total. The van der Waals surface area contributed by atoms with Crippen molar-refractivity contribution in [3.8, 4) is 0 Å². The monoisotopic (exact) mass is 423 g/mol. The van der Waals surface area contributed by atoms with Crippen LogP contribution in [0.5, 0.6) is 0 Å². The van der Waals surface area contributed by atoms with Gasteiger partial charge in [-0.1, -0.05) is 44.2 Å². The molecule has 0 fully saturated rings. The molecule has 1 aliphatic heterocycles. The molecular weight excluding hydrogens is 390 g/mol. The normalized spacial score (nSPS) is 21.0. The summed E-state index contributed by atoms with van der Waals surface area (Å²) in [5.74, 6) is 0.572. The molecule has 2 aliphatic rings. The summed E-state index contributed by atoms with van der Waals surface area (Å²) in [6.07, 6.45) is 6.67. The third kappa shape index (κ3) is 5.54. The average molecular weight is 424 g/mol. The molecule has 166 valence electrons. The Balaban J connectivity index is 1.54. The van der Waals surface area contributed by atoms with Gasteiger partial charge in [0.1, 0.15) is 5.54 Å². The van der Waals surface area contributed by atoms with Crippen molar-refractivity contribution in [3.63, 3.8) is 0 Å². The van der Waals surface area contributed by atoms with E-state index in [0.717, 1.165) is 29.7 Å². The highest BCUT2D eigenvalue weighted by molar-refractivity contribution is 6.06. The number of carbonyl (C=O) groups is 2. The highest BCUT2D eigenvalue weighted by Crippen LogP contribution is 2.29. The van der Waals surface area contributed by atoms with E-state index in [4.69, 9.17) is 5.73 Å². The van der Waals surface area contributed by atoms with E-state index in [1.807, 2.05) is 44.2 Å². The topological polar surface area (TPSA) is 99.8 Å². The van der Waals surface area contributed by atoms with Crippen LogP contribution in [0.1, 0.15) is 58.1 Å². The van der Waals surface area contributed by atoms with E-state index in [-0.39, 0.29) is 17.9 Å². The van der Waals surface area contributed by atoms with Crippen molar-refractivity contribution < 1.29 is 9.59 Å². The lowest BCUT2D eigenvalue weighted by atomic mass is 9.91. The summed E-state index contributed by atoms with van der Waals surface area (Å²) in [7, 11) is 0. The van der Waals surface area contributed by atoms with E-state index in [1.165, 1.54) is 5.57 Å². The van der Waals surface area contributed by atoms with Gasteiger partial charge in [-0.25, -0.2) is 9.79 Å². The summed E-state index contributed by atoms with van der Waals surface area (Å²) in [5, 5.41) is 5.78. The molecule has 1 aliphatic carbocycles. The number of benzene rings is 1. The highest BCUT2D eigenvalue weighted by atomic mass is 16.2. The first-order valence-electron chi connectivity index (χ1n) is 10.8. The van der Waals surface area contributed by atoms with E-state index in [2.05, 4.69) is 35.5 Å². The minimum atomic E-state index is -0.781. The SMILES string of the molecule is CC1=C(NC(=O)NCc2ccc(CN3C(=O)C(C)(CC(C)C)N=C3N)cc2)C=CCC1. The molecule has 0 aromatic heterocycles.